The van der Waals surface area contributed by atoms with E-state index in [-0.39, 0.29) is 0 Å². The number of aromatic nitrogens is 2. The molecule has 2 heterocycles. The summed E-state index contributed by atoms with van der Waals surface area (Å²) in [6, 6.07) is 0.403. The van der Waals surface area contributed by atoms with Crippen LogP contribution in [0.1, 0.15) is 31.1 Å². The predicted molar refractivity (Wildman–Crippen MR) is 60.4 cm³/mol. The summed E-state index contributed by atoms with van der Waals surface area (Å²) in [5.74, 6) is 1.16. The van der Waals surface area contributed by atoms with Crippen molar-refractivity contribution >= 4 is 5.82 Å². The largest absolute Gasteiger partial charge is 0.381 e. The highest BCUT2D eigenvalue weighted by molar-refractivity contribution is 5.48. The van der Waals surface area contributed by atoms with Gasteiger partial charge in [0.1, 0.15) is 5.82 Å². The lowest BCUT2D eigenvalue weighted by molar-refractivity contribution is 0.145. The van der Waals surface area contributed by atoms with E-state index < -0.39 is 0 Å². The molecule has 1 aliphatic rings. The molecule has 0 aromatic carbocycles. The molecule has 0 bridgehead atoms. The first-order valence-corrected chi connectivity index (χ1v) is 5.59. The number of nitrogens with one attached hydrogen (secondary N) is 1. The van der Waals surface area contributed by atoms with Gasteiger partial charge in [-0.15, -0.1) is 0 Å². The molecule has 1 aromatic rings. The fourth-order valence-electron chi connectivity index (χ4n) is 2.06. The molecule has 4 nitrogen and oxygen atoms in total. The van der Waals surface area contributed by atoms with Crippen molar-refractivity contribution in [3.05, 3.63) is 11.3 Å². The number of hydrogen-bond donors (Lipinski definition) is 1. The number of hydrogen-bond acceptors (Lipinski definition) is 3. The number of fused-ring (bicyclic) bond motifs is 1. The van der Waals surface area contributed by atoms with Crippen molar-refractivity contribution in [2.75, 3.05) is 25.6 Å². The van der Waals surface area contributed by atoms with Crippen molar-refractivity contribution in [1.82, 2.24) is 9.78 Å². The summed E-state index contributed by atoms with van der Waals surface area (Å²) < 4.78 is 7.54. The molecule has 1 aliphatic heterocycles. The molecule has 0 spiro atoms. The van der Waals surface area contributed by atoms with Gasteiger partial charge in [-0.2, -0.15) is 5.10 Å². The van der Waals surface area contributed by atoms with Crippen molar-refractivity contribution in [2.24, 2.45) is 0 Å². The molecule has 84 valence electrons. The smallest absolute Gasteiger partial charge is 0.127 e. The maximum Gasteiger partial charge on any atom is 0.127 e. The van der Waals surface area contributed by atoms with Crippen molar-refractivity contribution in [1.29, 1.82) is 0 Å². The molecule has 0 radical (unpaired) electrons. The lowest BCUT2D eigenvalue weighted by Gasteiger charge is -2.11. The molecule has 0 saturated heterocycles. The lowest BCUT2D eigenvalue weighted by atomic mass is 10.1. The molecule has 0 saturated carbocycles. The Bertz CT molecular complexity index is 344. The fourth-order valence-corrected chi connectivity index (χ4v) is 2.06. The van der Waals surface area contributed by atoms with Gasteiger partial charge in [-0.1, -0.05) is 0 Å². The summed E-state index contributed by atoms with van der Waals surface area (Å²) >= 11 is 0. The first-order chi connectivity index (χ1) is 7.24. The monoisotopic (exact) mass is 209 g/mol. The van der Waals surface area contributed by atoms with Gasteiger partial charge in [0.2, 0.25) is 0 Å². The van der Waals surface area contributed by atoms with Crippen molar-refractivity contribution in [3.8, 4) is 0 Å². The Hall–Kier alpha value is -1.03. The summed E-state index contributed by atoms with van der Waals surface area (Å²) in [5, 5.41) is 7.91. The molecule has 1 N–H and O–H groups in total. The first-order valence-electron chi connectivity index (χ1n) is 5.59. The Kier molecular flexibility index (Phi) is 2.95. The van der Waals surface area contributed by atoms with Gasteiger partial charge in [0.15, 0.2) is 0 Å². The zero-order chi connectivity index (χ0) is 10.8. The average molecular weight is 209 g/mol. The van der Waals surface area contributed by atoms with E-state index in [0.29, 0.717) is 6.04 Å². The van der Waals surface area contributed by atoms with Crippen LogP contribution in [0.3, 0.4) is 0 Å². The zero-order valence-electron chi connectivity index (χ0n) is 9.71. The molecule has 1 aromatic heterocycles. The maximum absolute atomic E-state index is 5.46. The third-order valence-electron chi connectivity index (χ3n) is 2.80. The summed E-state index contributed by atoms with van der Waals surface area (Å²) in [4.78, 5) is 0. The molecular weight excluding hydrogens is 190 g/mol. The van der Waals surface area contributed by atoms with Crippen LogP contribution in [0.2, 0.25) is 0 Å². The molecule has 0 fully saturated rings. The van der Waals surface area contributed by atoms with Crippen LogP contribution in [-0.4, -0.2) is 30.0 Å². The SMILES string of the molecule is CNc1c2c(nn1C(C)C)CCOCC2. The summed E-state index contributed by atoms with van der Waals surface area (Å²) in [6.07, 6.45) is 1.90. The van der Waals surface area contributed by atoms with E-state index >= 15 is 0 Å². The highest BCUT2D eigenvalue weighted by Crippen LogP contribution is 2.25. The fraction of sp³-hybridized carbons (Fsp3) is 0.727. The van der Waals surface area contributed by atoms with Gasteiger partial charge in [-0.3, -0.25) is 0 Å². The molecule has 2 rings (SSSR count). The highest BCUT2D eigenvalue weighted by atomic mass is 16.5. The van der Waals surface area contributed by atoms with E-state index in [0.717, 1.165) is 31.9 Å². The summed E-state index contributed by atoms with van der Waals surface area (Å²) in [7, 11) is 1.96. The average Bonchev–Trinajstić information content (AvgIpc) is 2.40. The van der Waals surface area contributed by atoms with E-state index in [1.54, 1.807) is 0 Å². The second-order valence-electron chi connectivity index (χ2n) is 4.17. The van der Waals surface area contributed by atoms with Crippen LogP contribution in [0.5, 0.6) is 0 Å². The van der Waals surface area contributed by atoms with Gasteiger partial charge >= 0.3 is 0 Å². The van der Waals surface area contributed by atoms with Crippen LogP contribution >= 0.6 is 0 Å². The normalized spacial score (nSPS) is 16.3. The minimum absolute atomic E-state index is 0.403. The van der Waals surface area contributed by atoms with Gasteiger partial charge in [0.05, 0.1) is 18.9 Å². The minimum Gasteiger partial charge on any atom is -0.381 e. The minimum atomic E-state index is 0.403. The van der Waals surface area contributed by atoms with E-state index in [2.05, 4.69) is 28.9 Å². The molecule has 4 heteroatoms. The van der Waals surface area contributed by atoms with Gasteiger partial charge in [-0.05, 0) is 13.8 Å². The van der Waals surface area contributed by atoms with Crippen LogP contribution in [0.25, 0.3) is 0 Å². The number of ether oxygens (including phenoxy) is 1. The molecular formula is C11H19N3O. The Balaban J connectivity index is 2.43. The topological polar surface area (TPSA) is 39.1 Å². The van der Waals surface area contributed by atoms with Gasteiger partial charge in [0.25, 0.3) is 0 Å². The number of anilines is 1. The van der Waals surface area contributed by atoms with Gasteiger partial charge in [0, 0.05) is 31.5 Å². The third kappa shape index (κ3) is 1.86. The predicted octanol–water partition coefficient (Wildman–Crippen LogP) is 1.62. The van der Waals surface area contributed by atoms with Crippen molar-refractivity contribution < 1.29 is 4.74 Å². The van der Waals surface area contributed by atoms with Crippen LogP contribution in [-0.2, 0) is 17.6 Å². The summed E-state index contributed by atoms with van der Waals surface area (Å²) in [6.45, 7) is 5.92. The Morgan fingerprint density at radius 3 is 2.73 bits per heavy atom. The summed E-state index contributed by atoms with van der Waals surface area (Å²) in [5.41, 5.74) is 2.54. The van der Waals surface area contributed by atoms with Crippen molar-refractivity contribution in [2.45, 2.75) is 32.7 Å². The van der Waals surface area contributed by atoms with E-state index in [4.69, 9.17) is 4.74 Å². The van der Waals surface area contributed by atoms with E-state index in [1.807, 2.05) is 7.05 Å². The van der Waals surface area contributed by atoms with Gasteiger partial charge < -0.3 is 10.1 Å². The molecule has 0 unspecified atom stereocenters. The quantitative estimate of drug-likeness (QED) is 0.804. The number of rotatable bonds is 2. The highest BCUT2D eigenvalue weighted by Gasteiger charge is 2.19. The zero-order valence-corrected chi connectivity index (χ0v) is 9.71. The van der Waals surface area contributed by atoms with Crippen molar-refractivity contribution in [3.63, 3.8) is 0 Å². The Morgan fingerprint density at radius 1 is 1.33 bits per heavy atom. The van der Waals surface area contributed by atoms with Crippen LogP contribution in [0.4, 0.5) is 5.82 Å². The first kappa shape index (κ1) is 10.5. The molecule has 0 aliphatic carbocycles. The molecule has 0 amide bonds. The Labute approximate surface area is 90.6 Å². The van der Waals surface area contributed by atoms with E-state index in [1.165, 1.54) is 11.3 Å². The van der Waals surface area contributed by atoms with Crippen LogP contribution < -0.4 is 5.32 Å². The maximum atomic E-state index is 5.46. The second kappa shape index (κ2) is 4.23. The second-order valence-corrected chi connectivity index (χ2v) is 4.17. The van der Waals surface area contributed by atoms with E-state index in [9.17, 15) is 0 Å². The van der Waals surface area contributed by atoms with Crippen LogP contribution in [0, 0.1) is 0 Å². The van der Waals surface area contributed by atoms with Gasteiger partial charge in [-0.25, -0.2) is 4.68 Å². The Morgan fingerprint density at radius 2 is 2.07 bits per heavy atom. The number of nitrogens with zero attached hydrogens (tertiary/aromatic N) is 2. The van der Waals surface area contributed by atoms with Crippen LogP contribution in [0.15, 0.2) is 0 Å². The molecule has 15 heavy (non-hydrogen) atoms. The third-order valence-corrected chi connectivity index (χ3v) is 2.80. The lowest BCUT2D eigenvalue weighted by Crippen LogP contribution is -2.09. The molecule has 0 atom stereocenters. The standard InChI is InChI=1S/C11H19N3O/c1-8(2)14-11(12-3)9-4-6-15-7-5-10(9)13-14/h8,12H,4-7H2,1-3H3.